The van der Waals surface area contributed by atoms with Crippen molar-refractivity contribution >= 4 is 47.1 Å². The molecule has 10 nitrogen and oxygen atoms in total. The van der Waals surface area contributed by atoms with Crippen molar-refractivity contribution in [1.82, 2.24) is 4.13 Å². The Balaban J connectivity index is 2.68. The quantitative estimate of drug-likeness (QED) is 0.450. The van der Waals surface area contributed by atoms with Gasteiger partial charge in [0.1, 0.15) is 0 Å². The lowest BCUT2D eigenvalue weighted by atomic mass is 10.3. The van der Waals surface area contributed by atoms with Gasteiger partial charge in [-0.25, -0.2) is 8.42 Å². The van der Waals surface area contributed by atoms with Crippen molar-refractivity contribution in [3.63, 3.8) is 0 Å². The SMILES string of the molecule is N=S(=NS(=O)(=O)C(F)(F)F)(NS(=O)(=O)c1ccc([N+](=O)[O-])cc1)c1ccc(Cl)cc1. The van der Waals surface area contributed by atoms with Gasteiger partial charge in [-0.3, -0.25) is 14.9 Å². The lowest BCUT2D eigenvalue weighted by Crippen LogP contribution is -2.32. The van der Waals surface area contributed by atoms with Crippen LogP contribution in [-0.4, -0.2) is 27.3 Å². The molecule has 0 fully saturated rings. The van der Waals surface area contributed by atoms with E-state index in [1.807, 2.05) is 0 Å². The van der Waals surface area contributed by atoms with Crippen LogP contribution in [0.4, 0.5) is 18.9 Å². The molecule has 0 bridgehead atoms. The van der Waals surface area contributed by atoms with E-state index >= 15 is 0 Å². The highest BCUT2D eigenvalue weighted by molar-refractivity contribution is 8.10. The van der Waals surface area contributed by atoms with Gasteiger partial charge in [-0.1, -0.05) is 11.6 Å². The maximum absolute atomic E-state index is 12.8. The van der Waals surface area contributed by atoms with Crippen LogP contribution in [0, 0.1) is 14.9 Å². The minimum atomic E-state index is -6.26. The van der Waals surface area contributed by atoms with E-state index in [-0.39, 0.29) is 5.02 Å². The number of sulfonamides is 2. The molecule has 0 aromatic heterocycles. The molecular weight excluding hydrogens is 497 g/mol. The zero-order chi connectivity index (χ0) is 23.0. The first-order chi connectivity index (χ1) is 13.6. The van der Waals surface area contributed by atoms with Gasteiger partial charge in [-0.2, -0.15) is 21.6 Å². The first kappa shape index (κ1) is 24.0. The van der Waals surface area contributed by atoms with E-state index in [9.17, 15) is 40.1 Å². The summed E-state index contributed by atoms with van der Waals surface area (Å²) in [6, 6.07) is 7.23. The minimum absolute atomic E-state index is 0.0809. The molecule has 2 N–H and O–H groups in total. The molecule has 0 radical (unpaired) electrons. The molecule has 0 aliphatic heterocycles. The maximum Gasteiger partial charge on any atom is 0.519 e. The van der Waals surface area contributed by atoms with Crippen molar-refractivity contribution in [2.75, 3.05) is 0 Å². The van der Waals surface area contributed by atoms with Gasteiger partial charge >= 0.3 is 15.5 Å². The van der Waals surface area contributed by atoms with Crippen LogP contribution in [0.25, 0.3) is 0 Å². The van der Waals surface area contributed by atoms with Crippen molar-refractivity contribution in [2.24, 2.45) is 3.77 Å². The fourth-order valence-corrected chi connectivity index (χ4v) is 7.33. The van der Waals surface area contributed by atoms with Gasteiger partial charge in [-0.05, 0) is 36.4 Å². The van der Waals surface area contributed by atoms with Crippen LogP contribution in [0.2, 0.25) is 5.02 Å². The Morgan fingerprint density at radius 1 is 0.967 bits per heavy atom. The maximum atomic E-state index is 12.8. The molecule has 30 heavy (non-hydrogen) atoms. The number of halogens is 4. The smallest absolute Gasteiger partial charge is 0.258 e. The van der Waals surface area contributed by atoms with Gasteiger partial charge in [0.2, 0.25) is 0 Å². The molecule has 0 saturated carbocycles. The van der Waals surface area contributed by atoms with Crippen LogP contribution in [-0.2, 0) is 29.9 Å². The summed E-state index contributed by atoms with van der Waals surface area (Å²) in [6.45, 7) is 0. The summed E-state index contributed by atoms with van der Waals surface area (Å²) in [5.41, 5.74) is -6.35. The summed E-state index contributed by atoms with van der Waals surface area (Å²) >= 11 is 5.66. The number of nitro benzene ring substituents is 1. The second kappa shape index (κ2) is 8.10. The normalized spacial score (nSPS) is 14.7. The summed E-state index contributed by atoms with van der Waals surface area (Å²) in [7, 11) is -15.6. The van der Waals surface area contributed by atoms with Gasteiger partial charge in [0.15, 0.2) is 0 Å². The van der Waals surface area contributed by atoms with Crippen LogP contribution >= 0.6 is 11.6 Å². The largest absolute Gasteiger partial charge is 0.519 e. The predicted molar refractivity (Wildman–Crippen MR) is 101 cm³/mol. The van der Waals surface area contributed by atoms with Crippen molar-refractivity contribution < 1.29 is 34.9 Å². The number of hydrogen-bond acceptors (Lipinski definition) is 7. The number of benzene rings is 2. The fraction of sp³-hybridized carbons (Fsp3) is 0.0769. The van der Waals surface area contributed by atoms with Gasteiger partial charge in [0, 0.05) is 22.1 Å². The molecule has 1 unspecified atom stereocenters. The Kier molecular flexibility index (Phi) is 6.48. The molecule has 17 heteroatoms. The first-order valence-corrected chi connectivity index (χ1v) is 12.1. The molecule has 0 spiro atoms. The first-order valence-electron chi connectivity index (χ1n) is 7.24. The lowest BCUT2D eigenvalue weighted by molar-refractivity contribution is -0.384. The topological polar surface area (TPSA) is 160 Å². The minimum Gasteiger partial charge on any atom is -0.258 e. The zero-order valence-electron chi connectivity index (χ0n) is 14.2. The summed E-state index contributed by atoms with van der Waals surface area (Å²) in [5, 5.41) is 10.8. The third-order valence-corrected chi connectivity index (χ3v) is 9.45. The molecule has 2 aromatic carbocycles. The molecule has 0 amide bonds. The van der Waals surface area contributed by atoms with Crippen molar-refractivity contribution in [3.05, 3.63) is 63.7 Å². The lowest BCUT2D eigenvalue weighted by Gasteiger charge is -2.16. The number of nitrogens with zero attached hydrogens (tertiary/aromatic N) is 2. The second-order valence-electron chi connectivity index (χ2n) is 5.37. The molecular formula is C13H10ClF3N4O6S3. The molecule has 2 aromatic rings. The highest BCUT2D eigenvalue weighted by Gasteiger charge is 2.47. The van der Waals surface area contributed by atoms with E-state index in [0.29, 0.717) is 0 Å². The van der Waals surface area contributed by atoms with Crippen molar-refractivity contribution in [1.29, 1.82) is 4.78 Å². The van der Waals surface area contributed by atoms with Gasteiger partial charge in [-0.15, -0.1) is 7.90 Å². The molecule has 1 atom stereocenters. The predicted octanol–water partition coefficient (Wildman–Crippen LogP) is 3.45. The highest BCUT2D eigenvalue weighted by Crippen LogP contribution is 2.29. The standard InChI is InChI=1S/C13H10ClF3N4O6S3/c14-9-1-5-11(6-2-9)28(18,20-30(26,27)13(15,16)17)19-29(24,25)12-7-3-10(4-8-12)21(22)23/h1-8H,(H2,18,19,20). The number of alkyl halides is 3. The molecule has 164 valence electrons. The van der Waals surface area contributed by atoms with Crippen molar-refractivity contribution in [3.8, 4) is 0 Å². The van der Waals surface area contributed by atoms with E-state index in [2.05, 4.69) is 3.77 Å². The number of hydrogen-bond donors (Lipinski definition) is 2. The van der Waals surface area contributed by atoms with E-state index in [1.165, 1.54) is 0 Å². The summed E-state index contributed by atoms with van der Waals surface area (Å²) in [6.07, 6.45) is 0. The van der Waals surface area contributed by atoms with E-state index in [0.717, 1.165) is 48.5 Å². The Bertz CT molecular complexity index is 1300. The van der Waals surface area contributed by atoms with Gasteiger partial charge < -0.3 is 0 Å². The van der Waals surface area contributed by atoms with Crippen LogP contribution in [0.15, 0.2) is 62.1 Å². The average Bonchev–Trinajstić information content (AvgIpc) is 2.60. The van der Waals surface area contributed by atoms with Gasteiger partial charge in [0.05, 0.1) is 19.6 Å². The molecule has 0 saturated heterocycles. The Hall–Kier alpha value is -2.27. The summed E-state index contributed by atoms with van der Waals surface area (Å²) in [5.74, 6) is 0. The number of nitrogens with one attached hydrogen (secondary N) is 2. The van der Waals surface area contributed by atoms with Crippen LogP contribution in [0.5, 0.6) is 0 Å². The fourth-order valence-electron chi connectivity index (χ4n) is 1.88. The third-order valence-electron chi connectivity index (χ3n) is 3.25. The average molecular weight is 507 g/mol. The number of rotatable bonds is 6. The van der Waals surface area contributed by atoms with Crippen LogP contribution < -0.4 is 4.13 Å². The Labute approximate surface area is 173 Å². The van der Waals surface area contributed by atoms with E-state index in [1.54, 1.807) is 4.13 Å². The Morgan fingerprint density at radius 3 is 1.87 bits per heavy atom. The van der Waals surface area contributed by atoms with Crippen LogP contribution in [0.1, 0.15) is 0 Å². The zero-order valence-corrected chi connectivity index (χ0v) is 17.4. The molecule has 2 rings (SSSR count). The molecule has 0 heterocycles. The van der Waals surface area contributed by atoms with E-state index < -0.39 is 55.8 Å². The Morgan fingerprint density at radius 2 is 1.43 bits per heavy atom. The van der Waals surface area contributed by atoms with Gasteiger partial charge in [0.25, 0.3) is 15.7 Å². The van der Waals surface area contributed by atoms with E-state index in [4.69, 9.17) is 16.4 Å². The summed E-state index contributed by atoms with van der Waals surface area (Å²) in [4.78, 5) is 8.68. The second-order valence-corrected chi connectivity index (χ2v) is 11.6. The molecule has 0 aliphatic rings. The monoisotopic (exact) mass is 506 g/mol. The number of non-ortho nitro benzene ring substituents is 1. The summed E-state index contributed by atoms with van der Waals surface area (Å²) < 4.78 is 98.9. The third kappa shape index (κ3) is 5.25. The van der Waals surface area contributed by atoms with Crippen LogP contribution in [0.3, 0.4) is 0 Å². The molecule has 0 aliphatic carbocycles. The number of nitro groups is 1. The van der Waals surface area contributed by atoms with Crippen molar-refractivity contribution in [2.45, 2.75) is 15.3 Å². The highest BCUT2D eigenvalue weighted by atomic mass is 35.5.